The SMILES string of the molecule is C=CCN1C(=O)C(=O)/C(=C(/O)c2ccc(C)cc2)[C@H]1c1ccc([N+](=O)[O-])cc1. The van der Waals surface area contributed by atoms with Crippen molar-refractivity contribution in [2.75, 3.05) is 6.54 Å². The number of amides is 1. The van der Waals surface area contributed by atoms with Crippen molar-refractivity contribution in [3.8, 4) is 0 Å². The van der Waals surface area contributed by atoms with E-state index in [0.29, 0.717) is 11.1 Å². The minimum Gasteiger partial charge on any atom is -0.507 e. The Kier molecular flexibility index (Phi) is 5.08. The molecule has 28 heavy (non-hydrogen) atoms. The summed E-state index contributed by atoms with van der Waals surface area (Å²) in [5.41, 5.74) is 1.72. The van der Waals surface area contributed by atoms with Gasteiger partial charge in [-0.25, -0.2) is 0 Å². The summed E-state index contributed by atoms with van der Waals surface area (Å²) < 4.78 is 0. The molecule has 2 aromatic rings. The number of ketones is 1. The van der Waals surface area contributed by atoms with Crippen molar-refractivity contribution in [2.45, 2.75) is 13.0 Å². The molecule has 0 radical (unpaired) electrons. The van der Waals surface area contributed by atoms with Crippen LogP contribution in [-0.2, 0) is 9.59 Å². The molecule has 1 aliphatic rings. The quantitative estimate of drug-likeness (QED) is 0.214. The first kappa shape index (κ1) is 19.0. The Labute approximate surface area is 161 Å². The number of carbonyl (C=O) groups excluding carboxylic acids is 2. The van der Waals surface area contributed by atoms with Crippen molar-refractivity contribution in [1.29, 1.82) is 0 Å². The van der Waals surface area contributed by atoms with Crippen molar-refractivity contribution >= 4 is 23.1 Å². The average Bonchev–Trinajstić information content (AvgIpc) is 2.93. The van der Waals surface area contributed by atoms with Crippen LogP contribution in [0.3, 0.4) is 0 Å². The molecule has 1 saturated heterocycles. The van der Waals surface area contributed by atoms with E-state index in [1.54, 1.807) is 24.3 Å². The molecule has 0 bridgehead atoms. The predicted molar refractivity (Wildman–Crippen MR) is 103 cm³/mol. The molecule has 0 saturated carbocycles. The van der Waals surface area contributed by atoms with Gasteiger partial charge in [-0.05, 0) is 24.6 Å². The number of carbonyl (C=O) groups is 2. The van der Waals surface area contributed by atoms with Crippen molar-refractivity contribution in [2.24, 2.45) is 0 Å². The summed E-state index contributed by atoms with van der Waals surface area (Å²) in [6.07, 6.45) is 1.48. The topological polar surface area (TPSA) is 101 Å². The molecule has 0 aliphatic carbocycles. The second kappa shape index (κ2) is 7.48. The van der Waals surface area contributed by atoms with Gasteiger partial charge in [0.05, 0.1) is 16.5 Å². The number of benzene rings is 2. The lowest BCUT2D eigenvalue weighted by atomic mass is 9.95. The van der Waals surface area contributed by atoms with Gasteiger partial charge in [-0.15, -0.1) is 6.58 Å². The van der Waals surface area contributed by atoms with E-state index in [9.17, 15) is 24.8 Å². The molecule has 0 aromatic heterocycles. The number of likely N-dealkylation sites (tertiary alicyclic amines) is 1. The maximum Gasteiger partial charge on any atom is 0.295 e. The van der Waals surface area contributed by atoms with Gasteiger partial charge >= 0.3 is 0 Å². The van der Waals surface area contributed by atoms with Gasteiger partial charge < -0.3 is 10.0 Å². The summed E-state index contributed by atoms with van der Waals surface area (Å²) in [4.78, 5) is 36.9. The Morgan fingerprint density at radius 3 is 2.32 bits per heavy atom. The molecule has 1 fully saturated rings. The first-order valence-corrected chi connectivity index (χ1v) is 8.56. The fraction of sp³-hybridized carbons (Fsp3) is 0.143. The van der Waals surface area contributed by atoms with E-state index in [1.165, 1.54) is 35.2 Å². The van der Waals surface area contributed by atoms with Crippen LogP contribution in [0.4, 0.5) is 5.69 Å². The van der Waals surface area contributed by atoms with Gasteiger partial charge in [0.2, 0.25) is 0 Å². The number of nitro benzene ring substituents is 1. The Morgan fingerprint density at radius 2 is 1.79 bits per heavy atom. The molecule has 142 valence electrons. The Bertz CT molecular complexity index is 990. The second-order valence-electron chi connectivity index (χ2n) is 6.45. The summed E-state index contributed by atoms with van der Waals surface area (Å²) in [5, 5.41) is 21.7. The third-order valence-corrected chi connectivity index (χ3v) is 4.61. The van der Waals surface area contributed by atoms with Crippen LogP contribution in [0.2, 0.25) is 0 Å². The van der Waals surface area contributed by atoms with Crippen molar-refractivity contribution in [3.63, 3.8) is 0 Å². The molecule has 0 unspecified atom stereocenters. The number of hydrogen-bond donors (Lipinski definition) is 1. The number of aliphatic hydroxyl groups is 1. The van der Waals surface area contributed by atoms with E-state index < -0.39 is 22.7 Å². The molecule has 1 N–H and O–H groups in total. The van der Waals surface area contributed by atoms with E-state index in [0.717, 1.165) is 5.56 Å². The highest BCUT2D eigenvalue weighted by Gasteiger charge is 2.45. The lowest BCUT2D eigenvalue weighted by Crippen LogP contribution is -2.29. The number of non-ortho nitro benzene ring substituents is 1. The number of aryl methyl sites for hydroxylation is 1. The zero-order valence-electron chi connectivity index (χ0n) is 15.2. The summed E-state index contributed by atoms with van der Waals surface area (Å²) in [7, 11) is 0. The average molecular weight is 378 g/mol. The predicted octanol–water partition coefficient (Wildman–Crippen LogP) is 3.51. The lowest BCUT2D eigenvalue weighted by molar-refractivity contribution is -0.384. The van der Waals surface area contributed by atoms with Gasteiger partial charge in [0, 0.05) is 24.2 Å². The van der Waals surface area contributed by atoms with Gasteiger partial charge in [0.15, 0.2) is 0 Å². The zero-order chi connectivity index (χ0) is 20.4. The van der Waals surface area contributed by atoms with Crippen molar-refractivity contribution < 1.29 is 19.6 Å². The minimum atomic E-state index is -0.861. The van der Waals surface area contributed by atoms with E-state index >= 15 is 0 Å². The second-order valence-corrected chi connectivity index (χ2v) is 6.45. The molecule has 7 nitrogen and oxygen atoms in total. The lowest BCUT2D eigenvalue weighted by Gasteiger charge is -2.24. The van der Waals surface area contributed by atoms with Gasteiger partial charge in [0.1, 0.15) is 5.76 Å². The van der Waals surface area contributed by atoms with E-state index in [-0.39, 0.29) is 23.6 Å². The molecule has 2 aromatic carbocycles. The first-order valence-electron chi connectivity index (χ1n) is 8.56. The maximum absolute atomic E-state index is 12.7. The van der Waals surface area contributed by atoms with Gasteiger partial charge in [-0.3, -0.25) is 19.7 Å². The molecule has 3 rings (SSSR count). The number of nitro groups is 1. The van der Waals surface area contributed by atoms with Crippen LogP contribution in [0.15, 0.2) is 66.8 Å². The summed E-state index contributed by atoms with van der Waals surface area (Å²) in [6, 6.07) is 11.6. The maximum atomic E-state index is 12.7. The van der Waals surface area contributed by atoms with E-state index in [1.807, 2.05) is 6.92 Å². The number of nitrogens with zero attached hydrogens (tertiary/aromatic N) is 2. The normalized spacial score (nSPS) is 18.3. The Balaban J connectivity index is 2.17. The van der Waals surface area contributed by atoms with Crippen LogP contribution in [-0.4, -0.2) is 33.2 Å². The van der Waals surface area contributed by atoms with Crippen molar-refractivity contribution in [3.05, 3.63) is 93.6 Å². The van der Waals surface area contributed by atoms with E-state index in [2.05, 4.69) is 6.58 Å². The smallest absolute Gasteiger partial charge is 0.295 e. The van der Waals surface area contributed by atoms with Crippen LogP contribution in [0.25, 0.3) is 5.76 Å². The highest BCUT2D eigenvalue weighted by atomic mass is 16.6. The summed E-state index contributed by atoms with van der Waals surface area (Å²) in [5.74, 6) is -1.84. The van der Waals surface area contributed by atoms with Gasteiger partial charge in [0.25, 0.3) is 17.4 Å². The summed E-state index contributed by atoms with van der Waals surface area (Å²) in [6.45, 7) is 5.60. The molecule has 1 heterocycles. The Morgan fingerprint density at radius 1 is 1.18 bits per heavy atom. The number of Topliss-reactive ketones (excluding diaryl/α,β-unsaturated/α-hetero) is 1. The largest absolute Gasteiger partial charge is 0.507 e. The van der Waals surface area contributed by atoms with Crippen molar-refractivity contribution in [1.82, 2.24) is 4.90 Å². The first-order chi connectivity index (χ1) is 13.3. The molecule has 1 amide bonds. The fourth-order valence-electron chi connectivity index (χ4n) is 3.20. The summed E-state index contributed by atoms with van der Waals surface area (Å²) >= 11 is 0. The molecular weight excluding hydrogens is 360 g/mol. The monoisotopic (exact) mass is 378 g/mol. The molecule has 1 atom stereocenters. The number of hydrogen-bond acceptors (Lipinski definition) is 5. The van der Waals surface area contributed by atoms with Crippen LogP contribution < -0.4 is 0 Å². The molecule has 7 heteroatoms. The third-order valence-electron chi connectivity index (χ3n) is 4.61. The molecule has 0 spiro atoms. The molecule has 1 aliphatic heterocycles. The highest BCUT2D eigenvalue weighted by Crippen LogP contribution is 2.39. The Hall–Kier alpha value is -3.74. The van der Waals surface area contributed by atoms with Crippen LogP contribution in [0.5, 0.6) is 0 Å². The fourth-order valence-corrected chi connectivity index (χ4v) is 3.20. The number of rotatable bonds is 5. The van der Waals surface area contributed by atoms with Crippen LogP contribution in [0.1, 0.15) is 22.7 Å². The molecular formula is C21H18N2O5. The number of aliphatic hydroxyl groups excluding tert-OH is 1. The zero-order valence-corrected chi connectivity index (χ0v) is 15.2. The van der Waals surface area contributed by atoms with Gasteiger partial charge in [-0.2, -0.15) is 0 Å². The van der Waals surface area contributed by atoms with Crippen LogP contribution in [0, 0.1) is 17.0 Å². The van der Waals surface area contributed by atoms with Crippen LogP contribution >= 0.6 is 0 Å². The van der Waals surface area contributed by atoms with E-state index in [4.69, 9.17) is 0 Å². The standard InChI is InChI=1S/C21H18N2O5/c1-3-12-22-18(14-8-10-16(11-9-14)23(27)28)17(20(25)21(22)26)19(24)15-6-4-13(2)5-7-15/h3-11,18,24H,1,12H2,2H3/b19-17+/t18-/m1/s1. The highest BCUT2D eigenvalue weighted by molar-refractivity contribution is 6.46. The van der Waals surface area contributed by atoms with Gasteiger partial charge in [-0.1, -0.05) is 35.9 Å². The minimum absolute atomic E-state index is 0.0513. The third kappa shape index (κ3) is 3.29.